The van der Waals surface area contributed by atoms with Gasteiger partial charge in [-0.1, -0.05) is 28.6 Å². The highest BCUT2D eigenvalue weighted by Crippen LogP contribution is 2.46. The summed E-state index contributed by atoms with van der Waals surface area (Å²) in [4.78, 5) is 18.5. The van der Waals surface area contributed by atoms with Crippen LogP contribution in [0.3, 0.4) is 0 Å². The van der Waals surface area contributed by atoms with Crippen LogP contribution in [0.5, 0.6) is 0 Å². The number of aryl methyl sites for hydroxylation is 1. The van der Waals surface area contributed by atoms with Crippen molar-refractivity contribution in [3.05, 3.63) is 46.0 Å². The fraction of sp³-hybridized carbons (Fsp3) is 0.286. The second-order valence-electron chi connectivity index (χ2n) is 4.95. The van der Waals surface area contributed by atoms with E-state index in [9.17, 15) is 4.79 Å². The number of nitrogens with two attached hydrogens (primary N) is 1. The zero-order chi connectivity index (χ0) is 13.8. The van der Waals surface area contributed by atoms with E-state index in [1.807, 2.05) is 18.2 Å². The molecule has 1 spiro atoms. The Hall–Kier alpha value is -1.62. The summed E-state index contributed by atoms with van der Waals surface area (Å²) in [6, 6.07) is 5.97. The number of fused-ring (bicyclic) bond motifs is 2. The predicted octanol–water partition coefficient (Wildman–Crippen LogP) is 1.93. The van der Waals surface area contributed by atoms with E-state index in [-0.39, 0.29) is 11.9 Å². The molecule has 1 atom stereocenters. The maximum Gasteiger partial charge on any atom is 0.265 e. The van der Waals surface area contributed by atoms with Crippen LogP contribution in [0.4, 0.5) is 0 Å². The van der Waals surface area contributed by atoms with E-state index in [4.69, 9.17) is 5.73 Å². The number of hydrogen-bond acceptors (Lipinski definition) is 3. The number of carbonyl (C=O) groups excluding carboxylic acids is 1. The Morgan fingerprint density at radius 3 is 2.84 bits per heavy atom. The van der Waals surface area contributed by atoms with Gasteiger partial charge in [0.25, 0.3) is 5.91 Å². The van der Waals surface area contributed by atoms with Gasteiger partial charge in [0.15, 0.2) is 11.5 Å². The van der Waals surface area contributed by atoms with Gasteiger partial charge in [0.1, 0.15) is 0 Å². The van der Waals surface area contributed by atoms with E-state index in [1.54, 1.807) is 7.05 Å². The molecule has 4 nitrogen and oxygen atoms in total. The molecule has 3 rings (SSSR count). The lowest BCUT2D eigenvalue weighted by Gasteiger charge is -2.33. The molecule has 1 aliphatic heterocycles. The van der Waals surface area contributed by atoms with Gasteiger partial charge in [-0.25, -0.2) is 4.99 Å². The summed E-state index contributed by atoms with van der Waals surface area (Å²) in [6.07, 6.45) is 1.64. The first kappa shape index (κ1) is 12.4. The molecule has 1 aromatic carbocycles. The Bertz CT molecular complexity index is 638. The van der Waals surface area contributed by atoms with Crippen molar-refractivity contribution in [3.8, 4) is 0 Å². The number of halogens is 1. The lowest BCUT2D eigenvalue weighted by atomic mass is 9.73. The van der Waals surface area contributed by atoms with Crippen LogP contribution in [-0.2, 0) is 16.8 Å². The van der Waals surface area contributed by atoms with Crippen LogP contribution in [0.25, 0.3) is 0 Å². The van der Waals surface area contributed by atoms with Crippen LogP contribution < -0.4 is 5.73 Å². The maximum absolute atomic E-state index is 12.6. The largest absolute Gasteiger partial charge is 0.369 e. The SMILES string of the molecule is C=C1CCc2ccc(Br)cc2C12N=C(N)N(C)C2=O. The molecule has 0 saturated heterocycles. The Morgan fingerprint density at radius 1 is 1.47 bits per heavy atom. The van der Waals surface area contributed by atoms with Crippen LogP contribution in [0.15, 0.2) is 39.8 Å². The quantitative estimate of drug-likeness (QED) is 0.743. The minimum Gasteiger partial charge on any atom is -0.369 e. The van der Waals surface area contributed by atoms with Gasteiger partial charge in [0, 0.05) is 11.5 Å². The molecule has 1 heterocycles. The molecule has 1 aromatic rings. The molecule has 0 saturated carbocycles. The molecule has 0 bridgehead atoms. The number of hydrogen-bond donors (Lipinski definition) is 1. The van der Waals surface area contributed by atoms with E-state index in [0.29, 0.717) is 0 Å². The van der Waals surface area contributed by atoms with E-state index >= 15 is 0 Å². The molecular weight excluding hydrogens is 306 g/mol. The highest BCUT2D eigenvalue weighted by Gasteiger charge is 2.52. The van der Waals surface area contributed by atoms with E-state index in [2.05, 4.69) is 27.5 Å². The number of guanidine groups is 1. The minimum absolute atomic E-state index is 0.117. The first-order valence-corrected chi connectivity index (χ1v) is 6.87. The number of benzene rings is 1. The molecule has 1 amide bonds. The minimum atomic E-state index is -1.02. The van der Waals surface area contributed by atoms with E-state index in [1.165, 1.54) is 4.90 Å². The number of carbonyl (C=O) groups is 1. The molecular formula is C14H14BrN3O. The first-order chi connectivity index (χ1) is 8.96. The number of amides is 1. The summed E-state index contributed by atoms with van der Waals surface area (Å²) in [6.45, 7) is 4.07. The lowest BCUT2D eigenvalue weighted by Crippen LogP contribution is -2.43. The van der Waals surface area contributed by atoms with Crippen molar-refractivity contribution >= 4 is 27.8 Å². The molecule has 0 fully saturated rings. The van der Waals surface area contributed by atoms with Gasteiger partial charge in [-0.05, 0) is 41.7 Å². The molecule has 19 heavy (non-hydrogen) atoms. The average molecular weight is 320 g/mol. The number of aliphatic imine (C=N–C) groups is 1. The van der Waals surface area contributed by atoms with E-state index < -0.39 is 5.54 Å². The fourth-order valence-electron chi connectivity index (χ4n) is 2.81. The van der Waals surface area contributed by atoms with E-state index in [0.717, 1.165) is 34.0 Å². The first-order valence-electron chi connectivity index (χ1n) is 6.07. The van der Waals surface area contributed by atoms with Gasteiger partial charge in [0.05, 0.1) is 0 Å². The molecule has 1 unspecified atom stereocenters. The standard InChI is InChI=1S/C14H14BrN3O/c1-8-3-4-9-5-6-10(15)7-11(9)14(8)12(19)18(2)13(16)17-14/h5-7H,1,3-4H2,2H3,(H2,16,17). The molecule has 0 aromatic heterocycles. The monoisotopic (exact) mass is 319 g/mol. The zero-order valence-electron chi connectivity index (χ0n) is 10.6. The predicted molar refractivity (Wildman–Crippen MR) is 77.7 cm³/mol. The zero-order valence-corrected chi connectivity index (χ0v) is 12.2. The molecule has 98 valence electrons. The van der Waals surface area contributed by atoms with Crippen molar-refractivity contribution in [2.75, 3.05) is 7.05 Å². The number of likely N-dealkylation sites (N-methyl/N-ethyl adjacent to an activating group) is 1. The Kier molecular flexibility index (Phi) is 2.57. The molecule has 1 aliphatic carbocycles. The average Bonchev–Trinajstić information content (AvgIpc) is 2.61. The lowest BCUT2D eigenvalue weighted by molar-refractivity contribution is -0.129. The van der Waals surface area contributed by atoms with Gasteiger partial charge >= 0.3 is 0 Å². The molecule has 5 heteroatoms. The third kappa shape index (κ3) is 1.51. The van der Waals surface area contributed by atoms with Gasteiger partial charge in [-0.15, -0.1) is 0 Å². The summed E-state index contributed by atoms with van der Waals surface area (Å²) >= 11 is 3.46. The van der Waals surface area contributed by atoms with Crippen molar-refractivity contribution in [2.45, 2.75) is 18.4 Å². The normalized spacial score (nSPS) is 25.8. The molecule has 2 aliphatic rings. The van der Waals surface area contributed by atoms with Gasteiger partial charge < -0.3 is 5.73 Å². The maximum atomic E-state index is 12.6. The van der Waals surface area contributed by atoms with Crippen molar-refractivity contribution in [1.82, 2.24) is 4.90 Å². The van der Waals surface area contributed by atoms with Crippen molar-refractivity contribution in [2.24, 2.45) is 10.7 Å². The summed E-state index contributed by atoms with van der Waals surface area (Å²) in [5, 5.41) is 0. The highest BCUT2D eigenvalue weighted by molar-refractivity contribution is 9.10. The second-order valence-corrected chi connectivity index (χ2v) is 5.87. The molecule has 2 N–H and O–H groups in total. The topological polar surface area (TPSA) is 58.7 Å². The van der Waals surface area contributed by atoms with Crippen LogP contribution in [-0.4, -0.2) is 23.8 Å². The van der Waals surface area contributed by atoms with Gasteiger partial charge in [-0.3, -0.25) is 9.69 Å². The van der Waals surface area contributed by atoms with Crippen molar-refractivity contribution < 1.29 is 4.79 Å². The molecule has 0 radical (unpaired) electrons. The Labute approximate surface area is 120 Å². The van der Waals surface area contributed by atoms with Gasteiger partial charge in [0.2, 0.25) is 0 Å². The highest BCUT2D eigenvalue weighted by atomic mass is 79.9. The van der Waals surface area contributed by atoms with Crippen molar-refractivity contribution in [3.63, 3.8) is 0 Å². The smallest absolute Gasteiger partial charge is 0.265 e. The third-order valence-corrected chi connectivity index (χ3v) is 4.40. The van der Waals surface area contributed by atoms with Crippen LogP contribution in [0.2, 0.25) is 0 Å². The third-order valence-electron chi connectivity index (χ3n) is 3.91. The fourth-order valence-corrected chi connectivity index (χ4v) is 3.17. The second kappa shape index (κ2) is 3.93. The summed E-state index contributed by atoms with van der Waals surface area (Å²) in [7, 11) is 1.65. The van der Waals surface area contributed by atoms with Crippen molar-refractivity contribution in [1.29, 1.82) is 0 Å². The van der Waals surface area contributed by atoms with Crippen LogP contribution >= 0.6 is 15.9 Å². The Balaban J connectivity index is 2.31. The summed E-state index contributed by atoms with van der Waals surface area (Å²) < 4.78 is 0.927. The number of rotatable bonds is 0. The van der Waals surface area contributed by atoms with Crippen LogP contribution in [0.1, 0.15) is 17.5 Å². The number of nitrogens with zero attached hydrogens (tertiary/aromatic N) is 2. The summed E-state index contributed by atoms with van der Waals surface area (Å²) in [5.41, 5.74) is 7.66. The Morgan fingerprint density at radius 2 is 2.21 bits per heavy atom. The summed E-state index contributed by atoms with van der Waals surface area (Å²) in [5.74, 6) is 0.132. The van der Waals surface area contributed by atoms with Gasteiger partial charge in [-0.2, -0.15) is 0 Å². The van der Waals surface area contributed by atoms with Crippen LogP contribution in [0, 0.1) is 0 Å².